The van der Waals surface area contributed by atoms with Crippen molar-refractivity contribution in [3.05, 3.63) is 36.2 Å². The van der Waals surface area contributed by atoms with Gasteiger partial charge in [0.15, 0.2) is 16.7 Å². The molecule has 0 aliphatic rings. The Morgan fingerprint density at radius 1 is 1.33 bits per heavy atom. The minimum atomic E-state index is -0.224. The van der Waals surface area contributed by atoms with E-state index in [0.29, 0.717) is 18.0 Å². The number of thioether (sulfide) groups is 1. The van der Waals surface area contributed by atoms with Gasteiger partial charge in [-0.3, -0.25) is 4.79 Å². The van der Waals surface area contributed by atoms with Crippen LogP contribution in [0.2, 0.25) is 0 Å². The van der Waals surface area contributed by atoms with Crippen LogP contribution in [0.15, 0.2) is 35.7 Å². The highest BCUT2D eigenvalue weighted by Gasteiger charge is 2.17. The number of hydrogen-bond donors (Lipinski definition) is 1. The summed E-state index contributed by atoms with van der Waals surface area (Å²) in [6.07, 6.45) is 3.66. The molecule has 1 heterocycles. The van der Waals surface area contributed by atoms with Crippen molar-refractivity contribution in [2.24, 2.45) is 0 Å². The lowest BCUT2D eigenvalue weighted by atomic mass is 10.2. The van der Waals surface area contributed by atoms with Crippen molar-refractivity contribution in [1.82, 2.24) is 14.9 Å². The highest BCUT2D eigenvalue weighted by molar-refractivity contribution is 8.00. The van der Waals surface area contributed by atoms with Gasteiger partial charge in [-0.1, -0.05) is 17.8 Å². The average Bonchev–Trinajstić information content (AvgIpc) is 3.06. The number of nitrogens with zero attached hydrogens (tertiary/aromatic N) is 2. The number of aryl methyl sites for hydroxylation is 1. The first kappa shape index (κ1) is 18.2. The molecular weight excluding hydrogens is 326 g/mol. The standard InChI is InChI=1S/C17H23N3O3S/c1-5-20-9-8-18-17(20)24-12(2)16(21)19-11-13-6-7-14(22-3)15(10-13)23-4/h6-10,12H,5,11H2,1-4H3,(H,19,21)/t12-/m1/s1. The molecule has 1 atom stereocenters. The van der Waals surface area contributed by atoms with Crippen molar-refractivity contribution in [3.63, 3.8) is 0 Å². The summed E-state index contributed by atoms with van der Waals surface area (Å²) in [4.78, 5) is 16.6. The summed E-state index contributed by atoms with van der Waals surface area (Å²) in [6, 6.07) is 5.60. The minimum Gasteiger partial charge on any atom is -0.493 e. The van der Waals surface area contributed by atoms with E-state index < -0.39 is 0 Å². The normalized spacial score (nSPS) is 11.8. The Hall–Kier alpha value is -2.15. The van der Waals surface area contributed by atoms with Gasteiger partial charge >= 0.3 is 0 Å². The first-order valence-electron chi connectivity index (χ1n) is 7.75. The minimum absolute atomic E-state index is 0.0274. The summed E-state index contributed by atoms with van der Waals surface area (Å²) in [6.45, 7) is 5.20. The monoisotopic (exact) mass is 349 g/mol. The topological polar surface area (TPSA) is 65.4 Å². The zero-order valence-corrected chi connectivity index (χ0v) is 15.2. The number of ether oxygens (including phenoxy) is 2. The number of methoxy groups -OCH3 is 2. The number of amides is 1. The van der Waals surface area contributed by atoms with Crippen molar-refractivity contribution in [3.8, 4) is 11.5 Å². The third-order valence-electron chi connectivity index (χ3n) is 3.58. The van der Waals surface area contributed by atoms with Gasteiger partial charge in [-0.15, -0.1) is 0 Å². The van der Waals surface area contributed by atoms with Crippen molar-refractivity contribution < 1.29 is 14.3 Å². The van der Waals surface area contributed by atoms with Crippen LogP contribution in [0.1, 0.15) is 19.4 Å². The molecule has 0 fully saturated rings. The van der Waals surface area contributed by atoms with Crippen LogP contribution in [0.3, 0.4) is 0 Å². The van der Waals surface area contributed by atoms with Crippen molar-refractivity contribution in [2.45, 2.75) is 37.3 Å². The fourth-order valence-electron chi connectivity index (χ4n) is 2.19. The number of hydrogen-bond acceptors (Lipinski definition) is 5. The average molecular weight is 349 g/mol. The largest absolute Gasteiger partial charge is 0.493 e. The van der Waals surface area contributed by atoms with Crippen LogP contribution in [0, 0.1) is 0 Å². The van der Waals surface area contributed by atoms with E-state index in [9.17, 15) is 4.79 Å². The Morgan fingerprint density at radius 2 is 2.08 bits per heavy atom. The van der Waals surface area contributed by atoms with Gasteiger partial charge in [0.05, 0.1) is 19.5 Å². The molecule has 0 aliphatic heterocycles. The SMILES string of the molecule is CCn1ccnc1S[C@H](C)C(=O)NCc1ccc(OC)c(OC)c1. The summed E-state index contributed by atoms with van der Waals surface area (Å²) >= 11 is 1.45. The van der Waals surface area contributed by atoms with Crippen LogP contribution in [-0.4, -0.2) is 34.9 Å². The molecule has 0 unspecified atom stereocenters. The summed E-state index contributed by atoms with van der Waals surface area (Å²) in [5.74, 6) is 1.29. The molecule has 1 N–H and O–H groups in total. The molecule has 7 heteroatoms. The number of rotatable bonds is 8. The molecule has 0 saturated carbocycles. The highest BCUT2D eigenvalue weighted by atomic mass is 32.2. The Labute approximate surface area is 146 Å². The number of benzene rings is 1. The zero-order chi connectivity index (χ0) is 17.5. The molecule has 1 aromatic carbocycles. The molecule has 0 aliphatic carbocycles. The van der Waals surface area contributed by atoms with E-state index in [-0.39, 0.29) is 11.2 Å². The molecule has 2 rings (SSSR count). The lowest BCUT2D eigenvalue weighted by molar-refractivity contribution is -0.120. The van der Waals surface area contributed by atoms with Gasteiger partial charge in [0.1, 0.15) is 0 Å². The van der Waals surface area contributed by atoms with Gasteiger partial charge < -0.3 is 19.4 Å². The number of aromatic nitrogens is 2. The van der Waals surface area contributed by atoms with E-state index in [1.54, 1.807) is 20.4 Å². The smallest absolute Gasteiger partial charge is 0.233 e. The predicted molar refractivity (Wildman–Crippen MR) is 94.6 cm³/mol. The van der Waals surface area contributed by atoms with Crippen LogP contribution in [-0.2, 0) is 17.9 Å². The highest BCUT2D eigenvalue weighted by Crippen LogP contribution is 2.27. The molecule has 0 spiro atoms. The summed E-state index contributed by atoms with van der Waals surface area (Å²) in [5.41, 5.74) is 0.952. The molecule has 2 aromatic rings. The van der Waals surface area contributed by atoms with E-state index >= 15 is 0 Å². The molecule has 1 aromatic heterocycles. The van der Waals surface area contributed by atoms with Gasteiger partial charge in [-0.2, -0.15) is 0 Å². The number of carbonyl (C=O) groups is 1. The van der Waals surface area contributed by atoms with E-state index in [2.05, 4.69) is 10.3 Å². The van der Waals surface area contributed by atoms with Gasteiger partial charge in [0.25, 0.3) is 0 Å². The third-order valence-corrected chi connectivity index (χ3v) is 4.70. The van der Waals surface area contributed by atoms with E-state index in [1.165, 1.54) is 11.8 Å². The van der Waals surface area contributed by atoms with E-state index in [1.807, 2.05) is 42.8 Å². The summed E-state index contributed by atoms with van der Waals surface area (Å²) in [5, 5.41) is 3.57. The molecule has 0 bridgehead atoms. The van der Waals surface area contributed by atoms with Crippen molar-refractivity contribution in [1.29, 1.82) is 0 Å². The fraction of sp³-hybridized carbons (Fsp3) is 0.412. The zero-order valence-electron chi connectivity index (χ0n) is 14.4. The maximum absolute atomic E-state index is 12.3. The van der Waals surface area contributed by atoms with E-state index in [0.717, 1.165) is 17.3 Å². The maximum atomic E-state index is 12.3. The predicted octanol–water partition coefficient (Wildman–Crippen LogP) is 2.72. The Bertz CT molecular complexity index is 687. The molecule has 130 valence electrons. The van der Waals surface area contributed by atoms with Crippen molar-refractivity contribution >= 4 is 17.7 Å². The number of imidazole rings is 1. The van der Waals surface area contributed by atoms with E-state index in [4.69, 9.17) is 9.47 Å². The molecule has 1 amide bonds. The third kappa shape index (κ3) is 4.44. The molecule has 0 saturated heterocycles. The lowest BCUT2D eigenvalue weighted by Gasteiger charge is -2.13. The molecule has 24 heavy (non-hydrogen) atoms. The number of carbonyl (C=O) groups excluding carboxylic acids is 1. The summed E-state index contributed by atoms with van der Waals surface area (Å²) in [7, 11) is 3.19. The van der Waals surface area contributed by atoms with Gasteiger partial charge in [0, 0.05) is 25.5 Å². The first-order chi connectivity index (χ1) is 11.6. The quantitative estimate of drug-likeness (QED) is 0.742. The Morgan fingerprint density at radius 3 is 2.75 bits per heavy atom. The lowest BCUT2D eigenvalue weighted by Crippen LogP contribution is -2.30. The first-order valence-corrected chi connectivity index (χ1v) is 8.63. The van der Waals surface area contributed by atoms with Gasteiger partial charge in [0.2, 0.25) is 5.91 Å². The van der Waals surface area contributed by atoms with Crippen molar-refractivity contribution in [2.75, 3.05) is 14.2 Å². The van der Waals surface area contributed by atoms with Crippen LogP contribution in [0.4, 0.5) is 0 Å². The van der Waals surface area contributed by atoms with Gasteiger partial charge in [-0.05, 0) is 31.5 Å². The van der Waals surface area contributed by atoms with Crippen LogP contribution < -0.4 is 14.8 Å². The molecule has 6 nitrogen and oxygen atoms in total. The fourth-order valence-corrected chi connectivity index (χ4v) is 3.14. The molecule has 0 radical (unpaired) electrons. The Balaban J connectivity index is 1.92. The second-order valence-electron chi connectivity index (χ2n) is 5.16. The number of nitrogens with one attached hydrogen (secondary N) is 1. The second-order valence-corrected chi connectivity index (χ2v) is 6.47. The van der Waals surface area contributed by atoms with Crippen LogP contribution in [0.25, 0.3) is 0 Å². The Kier molecular flexibility index (Phi) is 6.54. The second kappa shape index (κ2) is 8.63. The summed E-state index contributed by atoms with van der Waals surface area (Å²) < 4.78 is 12.5. The van der Waals surface area contributed by atoms with Crippen LogP contribution in [0.5, 0.6) is 11.5 Å². The molecular formula is C17H23N3O3S. The van der Waals surface area contributed by atoms with Crippen LogP contribution >= 0.6 is 11.8 Å². The maximum Gasteiger partial charge on any atom is 0.233 e. The van der Waals surface area contributed by atoms with Gasteiger partial charge in [-0.25, -0.2) is 4.98 Å².